The largest absolute Gasteiger partial charge is 0.502 e. The molecule has 2 rings (SSSR count). The Morgan fingerprint density at radius 1 is 1.23 bits per heavy atom. The number of halogens is 2. The number of nitrogens with zero attached hydrogens (tertiary/aromatic N) is 1. The van der Waals surface area contributed by atoms with Crippen LogP contribution in [-0.2, 0) is 4.79 Å². The van der Waals surface area contributed by atoms with Crippen molar-refractivity contribution < 1.29 is 24.1 Å². The van der Waals surface area contributed by atoms with Gasteiger partial charge in [-0.3, -0.25) is 4.79 Å². The number of hydrogen-bond donors (Lipinski definition) is 2. The topological polar surface area (TPSA) is 89.4 Å². The standard InChI is InChI=1S/C17H16BrClN2O5/c1-24-14-5-10(6-15(25-2)17(14)23)8-20-21-16(22)9-26-13-4-3-11(19)7-12(13)18/h3-8,23H,9H2,1-2H3,(H,21,22)/b20-8-. The van der Waals surface area contributed by atoms with Gasteiger partial charge in [0.15, 0.2) is 18.1 Å². The van der Waals surface area contributed by atoms with Gasteiger partial charge in [-0.15, -0.1) is 0 Å². The summed E-state index contributed by atoms with van der Waals surface area (Å²) >= 11 is 9.14. The number of phenolic OH excluding ortho intramolecular Hbond substituents is 1. The molecule has 0 saturated carbocycles. The van der Waals surface area contributed by atoms with Gasteiger partial charge in [0.25, 0.3) is 5.91 Å². The number of nitrogens with one attached hydrogen (secondary N) is 1. The van der Waals surface area contributed by atoms with Crippen molar-refractivity contribution in [1.82, 2.24) is 5.43 Å². The van der Waals surface area contributed by atoms with Crippen LogP contribution in [0.5, 0.6) is 23.0 Å². The maximum atomic E-state index is 11.8. The highest BCUT2D eigenvalue weighted by molar-refractivity contribution is 9.10. The highest BCUT2D eigenvalue weighted by Crippen LogP contribution is 2.36. The van der Waals surface area contributed by atoms with E-state index in [0.717, 1.165) is 0 Å². The third-order valence-corrected chi connectivity index (χ3v) is 4.01. The molecule has 0 unspecified atom stereocenters. The molecule has 0 heterocycles. The van der Waals surface area contributed by atoms with Gasteiger partial charge >= 0.3 is 0 Å². The molecule has 0 aliphatic carbocycles. The van der Waals surface area contributed by atoms with Crippen molar-refractivity contribution in [3.05, 3.63) is 45.4 Å². The van der Waals surface area contributed by atoms with Crippen LogP contribution in [-0.4, -0.2) is 38.1 Å². The average Bonchev–Trinajstić information content (AvgIpc) is 2.62. The average molecular weight is 444 g/mol. The quantitative estimate of drug-likeness (QED) is 0.506. The van der Waals surface area contributed by atoms with E-state index in [1.807, 2.05) is 0 Å². The van der Waals surface area contributed by atoms with Gasteiger partial charge < -0.3 is 19.3 Å². The molecule has 0 saturated heterocycles. The lowest BCUT2D eigenvalue weighted by Gasteiger charge is -2.09. The molecule has 1 amide bonds. The van der Waals surface area contributed by atoms with Gasteiger partial charge in [0.1, 0.15) is 5.75 Å². The van der Waals surface area contributed by atoms with Crippen molar-refractivity contribution in [3.8, 4) is 23.0 Å². The lowest BCUT2D eigenvalue weighted by molar-refractivity contribution is -0.123. The third kappa shape index (κ3) is 5.27. The van der Waals surface area contributed by atoms with Gasteiger partial charge in [-0.25, -0.2) is 5.43 Å². The molecule has 2 aromatic carbocycles. The molecule has 2 N–H and O–H groups in total. The first-order valence-corrected chi connectivity index (χ1v) is 8.46. The summed E-state index contributed by atoms with van der Waals surface area (Å²) in [5.74, 6) is 0.390. The van der Waals surface area contributed by atoms with Crippen molar-refractivity contribution in [2.45, 2.75) is 0 Å². The maximum absolute atomic E-state index is 11.8. The molecule has 2 aromatic rings. The SMILES string of the molecule is COc1cc(/C=N\NC(=O)COc2ccc(Cl)cc2Br)cc(OC)c1O. The summed E-state index contributed by atoms with van der Waals surface area (Å²) < 4.78 is 16.1. The van der Waals surface area contributed by atoms with Crippen molar-refractivity contribution in [3.63, 3.8) is 0 Å². The van der Waals surface area contributed by atoms with Crippen LogP contribution in [0.15, 0.2) is 39.9 Å². The van der Waals surface area contributed by atoms with Crippen LogP contribution in [0.2, 0.25) is 5.02 Å². The first kappa shape index (κ1) is 19.9. The highest BCUT2D eigenvalue weighted by Gasteiger charge is 2.10. The van der Waals surface area contributed by atoms with Gasteiger partial charge in [0, 0.05) is 10.6 Å². The first-order valence-electron chi connectivity index (χ1n) is 7.29. The number of amides is 1. The number of aromatic hydroxyl groups is 1. The molecule has 0 aliphatic heterocycles. The molecular weight excluding hydrogens is 428 g/mol. The zero-order valence-corrected chi connectivity index (χ0v) is 16.3. The van der Waals surface area contributed by atoms with E-state index in [2.05, 4.69) is 26.5 Å². The van der Waals surface area contributed by atoms with E-state index in [0.29, 0.717) is 20.8 Å². The monoisotopic (exact) mass is 442 g/mol. The molecule has 138 valence electrons. The predicted octanol–water partition coefficient (Wildman–Crippen LogP) is 3.35. The summed E-state index contributed by atoms with van der Waals surface area (Å²) in [4.78, 5) is 11.8. The van der Waals surface area contributed by atoms with Gasteiger partial charge in [0.2, 0.25) is 5.75 Å². The molecular formula is C17H16BrClN2O5. The Balaban J connectivity index is 1.94. The Morgan fingerprint density at radius 2 is 1.88 bits per heavy atom. The molecule has 9 heteroatoms. The number of carbonyl (C=O) groups is 1. The van der Waals surface area contributed by atoms with Crippen LogP contribution in [0.1, 0.15) is 5.56 Å². The lowest BCUT2D eigenvalue weighted by atomic mass is 10.2. The smallest absolute Gasteiger partial charge is 0.277 e. The summed E-state index contributed by atoms with van der Waals surface area (Å²) in [6, 6.07) is 8.07. The zero-order chi connectivity index (χ0) is 19.1. The van der Waals surface area contributed by atoms with Crippen molar-refractivity contribution in [2.24, 2.45) is 5.10 Å². The van der Waals surface area contributed by atoms with E-state index in [-0.39, 0.29) is 23.9 Å². The van der Waals surface area contributed by atoms with Crippen LogP contribution in [0.3, 0.4) is 0 Å². The van der Waals surface area contributed by atoms with Crippen LogP contribution >= 0.6 is 27.5 Å². The molecule has 7 nitrogen and oxygen atoms in total. The molecule has 0 atom stereocenters. The molecule has 0 aliphatic rings. The Kier molecular flexibility index (Phi) is 7.11. The summed E-state index contributed by atoms with van der Waals surface area (Å²) in [6.07, 6.45) is 1.39. The van der Waals surface area contributed by atoms with Crippen LogP contribution in [0, 0.1) is 0 Å². The number of carbonyl (C=O) groups excluding carboxylic acids is 1. The second-order valence-electron chi connectivity index (χ2n) is 4.93. The molecule has 0 aromatic heterocycles. The van der Waals surface area contributed by atoms with Crippen molar-refractivity contribution in [2.75, 3.05) is 20.8 Å². The number of phenols is 1. The van der Waals surface area contributed by atoms with E-state index >= 15 is 0 Å². The number of methoxy groups -OCH3 is 2. The zero-order valence-electron chi connectivity index (χ0n) is 14.0. The van der Waals surface area contributed by atoms with Crippen molar-refractivity contribution in [1.29, 1.82) is 0 Å². The Hall–Kier alpha value is -2.45. The van der Waals surface area contributed by atoms with Gasteiger partial charge in [0.05, 0.1) is 24.9 Å². The normalized spacial score (nSPS) is 10.6. The molecule has 0 fully saturated rings. The number of ether oxygens (including phenoxy) is 3. The Morgan fingerprint density at radius 3 is 2.46 bits per heavy atom. The fourth-order valence-corrected chi connectivity index (χ4v) is 2.73. The number of benzene rings is 2. The molecule has 0 spiro atoms. The minimum absolute atomic E-state index is 0.113. The summed E-state index contributed by atoms with van der Waals surface area (Å²) in [6.45, 7) is -0.222. The van der Waals surface area contributed by atoms with Gasteiger partial charge in [-0.1, -0.05) is 11.6 Å². The number of hydrogen-bond acceptors (Lipinski definition) is 6. The van der Waals surface area contributed by atoms with E-state index < -0.39 is 5.91 Å². The lowest BCUT2D eigenvalue weighted by Crippen LogP contribution is -2.24. The molecule has 26 heavy (non-hydrogen) atoms. The van der Waals surface area contributed by atoms with Gasteiger partial charge in [-0.2, -0.15) is 5.10 Å². The van der Waals surface area contributed by atoms with E-state index in [9.17, 15) is 9.90 Å². The fourth-order valence-electron chi connectivity index (χ4n) is 1.93. The Bertz CT molecular complexity index is 804. The fraction of sp³-hybridized carbons (Fsp3) is 0.176. The highest BCUT2D eigenvalue weighted by atomic mass is 79.9. The molecule has 0 radical (unpaired) electrons. The minimum atomic E-state index is -0.444. The van der Waals surface area contributed by atoms with Crippen LogP contribution < -0.4 is 19.6 Å². The predicted molar refractivity (Wildman–Crippen MR) is 102 cm³/mol. The summed E-state index contributed by atoms with van der Waals surface area (Å²) in [7, 11) is 2.84. The summed E-state index contributed by atoms with van der Waals surface area (Å²) in [5.41, 5.74) is 2.91. The van der Waals surface area contributed by atoms with Crippen LogP contribution in [0.25, 0.3) is 0 Å². The minimum Gasteiger partial charge on any atom is -0.502 e. The van der Waals surface area contributed by atoms with Crippen LogP contribution in [0.4, 0.5) is 0 Å². The van der Waals surface area contributed by atoms with Gasteiger partial charge in [-0.05, 0) is 46.3 Å². The molecule has 0 bridgehead atoms. The Labute approximate surface area is 163 Å². The number of hydrazone groups is 1. The first-order chi connectivity index (χ1) is 12.4. The van der Waals surface area contributed by atoms with E-state index in [1.54, 1.807) is 30.3 Å². The van der Waals surface area contributed by atoms with Crippen molar-refractivity contribution >= 4 is 39.7 Å². The maximum Gasteiger partial charge on any atom is 0.277 e. The van der Waals surface area contributed by atoms with E-state index in [1.165, 1.54) is 20.4 Å². The summed E-state index contributed by atoms with van der Waals surface area (Å²) in [5, 5.41) is 14.2. The number of rotatable bonds is 7. The van der Waals surface area contributed by atoms with E-state index in [4.69, 9.17) is 25.8 Å². The second-order valence-corrected chi connectivity index (χ2v) is 6.22. The second kappa shape index (κ2) is 9.30. The third-order valence-electron chi connectivity index (χ3n) is 3.16.